The summed E-state index contributed by atoms with van der Waals surface area (Å²) in [5.41, 5.74) is 7.58. The maximum Gasteiger partial charge on any atom is 0.244 e. The number of rotatable bonds is 5. The van der Waals surface area contributed by atoms with Gasteiger partial charge in [0.05, 0.1) is 12.7 Å². The minimum Gasteiger partial charge on any atom is -0.494 e. The van der Waals surface area contributed by atoms with Gasteiger partial charge in [-0.1, -0.05) is 12.1 Å². The van der Waals surface area contributed by atoms with E-state index in [9.17, 15) is 13.6 Å². The maximum atomic E-state index is 14.4. The molecule has 32 heavy (non-hydrogen) atoms. The fourth-order valence-corrected chi connectivity index (χ4v) is 3.77. The first-order valence-corrected chi connectivity index (χ1v) is 10.0. The zero-order valence-electron chi connectivity index (χ0n) is 17.4. The van der Waals surface area contributed by atoms with Gasteiger partial charge in [0, 0.05) is 36.5 Å². The van der Waals surface area contributed by atoms with Gasteiger partial charge < -0.3 is 15.4 Å². The number of carbonyl (C=O) groups is 1. The molecule has 1 saturated heterocycles. The van der Waals surface area contributed by atoms with Crippen molar-refractivity contribution in [3.05, 3.63) is 59.8 Å². The molecule has 0 radical (unpaired) electrons. The molecule has 1 fully saturated rings. The van der Waals surface area contributed by atoms with E-state index in [-0.39, 0.29) is 29.8 Å². The van der Waals surface area contributed by atoms with Crippen LogP contribution in [0.5, 0.6) is 5.75 Å². The molecule has 0 spiro atoms. The Hall–Kier alpha value is -3.77. The number of halogens is 2. The zero-order chi connectivity index (χ0) is 22.8. The molecule has 2 aromatic carbocycles. The van der Waals surface area contributed by atoms with Crippen LogP contribution in [-0.2, 0) is 11.3 Å². The van der Waals surface area contributed by atoms with Crippen molar-refractivity contribution < 1.29 is 18.3 Å². The smallest absolute Gasteiger partial charge is 0.244 e. The average Bonchev–Trinajstić information content (AvgIpc) is 3.40. The third-order valence-corrected chi connectivity index (χ3v) is 5.46. The lowest BCUT2D eigenvalue weighted by molar-refractivity contribution is -0.131. The van der Waals surface area contributed by atoms with E-state index in [4.69, 9.17) is 15.7 Å². The van der Waals surface area contributed by atoms with Gasteiger partial charge in [-0.3, -0.25) is 9.48 Å². The van der Waals surface area contributed by atoms with Crippen LogP contribution in [0.2, 0.25) is 0 Å². The van der Waals surface area contributed by atoms with Crippen LogP contribution in [0.1, 0.15) is 12.0 Å². The van der Waals surface area contributed by atoms with Crippen molar-refractivity contribution in [1.29, 1.82) is 5.26 Å². The highest BCUT2D eigenvalue weighted by Gasteiger charge is 2.25. The molecule has 164 valence electrons. The number of methoxy groups -OCH3 is 1. The molecule has 1 aliphatic rings. The summed E-state index contributed by atoms with van der Waals surface area (Å²) in [5, 5.41) is 13.5. The predicted molar refractivity (Wildman–Crippen MR) is 113 cm³/mol. The van der Waals surface area contributed by atoms with Gasteiger partial charge >= 0.3 is 0 Å². The van der Waals surface area contributed by atoms with E-state index in [0.717, 1.165) is 6.42 Å². The summed E-state index contributed by atoms with van der Waals surface area (Å²) in [6.45, 7) is 1.05. The Labute approximate surface area is 183 Å². The molecule has 1 atom stereocenters. The van der Waals surface area contributed by atoms with Crippen molar-refractivity contribution in [2.75, 3.05) is 20.2 Å². The topological polar surface area (TPSA) is 97.2 Å². The SMILES string of the molecule is COc1ccc(-c2cn(CC(=O)N3CCC(N)C3)nc2-c2ccc(C#N)c(F)c2)cc1F. The molecular formula is C23H21F2N5O2. The Bertz CT molecular complexity index is 1220. The molecule has 1 aromatic heterocycles. The average molecular weight is 437 g/mol. The monoisotopic (exact) mass is 437 g/mol. The fraction of sp³-hybridized carbons (Fsp3) is 0.261. The Kier molecular flexibility index (Phi) is 5.88. The second kappa shape index (κ2) is 8.77. The number of hydrogen-bond acceptors (Lipinski definition) is 5. The van der Waals surface area contributed by atoms with Crippen molar-refractivity contribution >= 4 is 5.91 Å². The van der Waals surface area contributed by atoms with Gasteiger partial charge in [0.15, 0.2) is 11.6 Å². The molecule has 7 nitrogen and oxygen atoms in total. The third kappa shape index (κ3) is 4.18. The van der Waals surface area contributed by atoms with Gasteiger partial charge in [-0.2, -0.15) is 10.4 Å². The summed E-state index contributed by atoms with van der Waals surface area (Å²) in [7, 11) is 1.37. The molecule has 2 heterocycles. The highest BCUT2D eigenvalue weighted by molar-refractivity contribution is 5.82. The molecule has 4 rings (SSSR count). The van der Waals surface area contributed by atoms with Crippen molar-refractivity contribution in [1.82, 2.24) is 14.7 Å². The number of likely N-dealkylation sites (tertiary alicyclic amines) is 1. The lowest BCUT2D eigenvalue weighted by Gasteiger charge is -2.15. The van der Waals surface area contributed by atoms with Crippen molar-refractivity contribution in [3.8, 4) is 34.2 Å². The maximum absolute atomic E-state index is 14.4. The van der Waals surface area contributed by atoms with Crippen LogP contribution < -0.4 is 10.5 Å². The molecule has 2 N–H and O–H groups in total. The third-order valence-electron chi connectivity index (χ3n) is 5.46. The van der Waals surface area contributed by atoms with Gasteiger partial charge in [0.1, 0.15) is 24.1 Å². The summed E-state index contributed by atoms with van der Waals surface area (Å²) in [5.74, 6) is -1.29. The Morgan fingerprint density at radius 3 is 2.62 bits per heavy atom. The fourth-order valence-electron chi connectivity index (χ4n) is 3.77. The first kappa shape index (κ1) is 21.5. The van der Waals surface area contributed by atoms with Crippen LogP contribution in [0.4, 0.5) is 8.78 Å². The highest BCUT2D eigenvalue weighted by atomic mass is 19.1. The first-order valence-electron chi connectivity index (χ1n) is 10.0. The lowest BCUT2D eigenvalue weighted by Crippen LogP contribution is -2.34. The Morgan fingerprint density at radius 2 is 2.00 bits per heavy atom. The van der Waals surface area contributed by atoms with Crippen LogP contribution >= 0.6 is 0 Å². The number of hydrogen-bond donors (Lipinski definition) is 1. The normalized spacial score (nSPS) is 15.6. The minimum absolute atomic E-state index is 0.0306. The van der Waals surface area contributed by atoms with E-state index in [1.54, 1.807) is 29.3 Å². The Morgan fingerprint density at radius 1 is 1.25 bits per heavy atom. The summed E-state index contributed by atoms with van der Waals surface area (Å²) in [4.78, 5) is 14.3. The predicted octanol–water partition coefficient (Wildman–Crippen LogP) is 2.94. The van der Waals surface area contributed by atoms with E-state index >= 15 is 0 Å². The minimum atomic E-state index is -0.687. The van der Waals surface area contributed by atoms with Gasteiger partial charge in [-0.25, -0.2) is 8.78 Å². The van der Waals surface area contributed by atoms with Crippen LogP contribution in [0, 0.1) is 23.0 Å². The molecule has 9 heteroatoms. The zero-order valence-corrected chi connectivity index (χ0v) is 17.4. The standard InChI is InChI=1S/C23H21F2N5O2/c1-32-21-5-4-14(8-20(21)25)18-12-30(13-22(31)29-7-6-17(27)11-29)28-23(18)15-2-3-16(10-26)19(24)9-15/h2-5,8-9,12,17H,6-7,11,13,27H2,1H3. The van der Waals surface area contributed by atoms with Crippen LogP contribution in [0.3, 0.4) is 0 Å². The lowest BCUT2D eigenvalue weighted by atomic mass is 10.0. The van der Waals surface area contributed by atoms with Gasteiger partial charge in [0.25, 0.3) is 0 Å². The Balaban J connectivity index is 1.75. The second-order valence-electron chi connectivity index (χ2n) is 7.63. The molecule has 0 aliphatic carbocycles. The number of aromatic nitrogens is 2. The second-order valence-corrected chi connectivity index (χ2v) is 7.63. The van der Waals surface area contributed by atoms with Gasteiger partial charge in [0.2, 0.25) is 5.91 Å². The summed E-state index contributed by atoms with van der Waals surface area (Å²) < 4.78 is 35.1. The molecule has 1 unspecified atom stereocenters. The number of ether oxygens (including phenoxy) is 1. The quantitative estimate of drug-likeness (QED) is 0.662. The van der Waals surface area contributed by atoms with Crippen LogP contribution in [0.25, 0.3) is 22.4 Å². The number of carbonyl (C=O) groups excluding carboxylic acids is 1. The van der Waals surface area contributed by atoms with Gasteiger partial charge in [-0.15, -0.1) is 0 Å². The van der Waals surface area contributed by atoms with E-state index in [2.05, 4.69) is 5.10 Å². The van der Waals surface area contributed by atoms with E-state index < -0.39 is 11.6 Å². The van der Waals surface area contributed by atoms with Crippen LogP contribution in [0.15, 0.2) is 42.6 Å². The number of nitrogens with two attached hydrogens (primary N) is 1. The summed E-state index contributed by atoms with van der Waals surface area (Å²) in [6, 6.07) is 10.3. The molecule has 3 aromatic rings. The largest absolute Gasteiger partial charge is 0.494 e. The molecular weight excluding hydrogens is 416 g/mol. The van der Waals surface area contributed by atoms with Crippen molar-refractivity contribution in [2.45, 2.75) is 19.0 Å². The number of nitriles is 1. The molecule has 1 aliphatic heterocycles. The van der Waals surface area contributed by atoms with Crippen molar-refractivity contribution in [3.63, 3.8) is 0 Å². The van der Waals surface area contributed by atoms with E-state index in [1.165, 1.54) is 36.1 Å². The molecule has 0 saturated carbocycles. The van der Waals surface area contributed by atoms with Gasteiger partial charge in [-0.05, 0) is 36.2 Å². The van der Waals surface area contributed by atoms with Crippen LogP contribution in [-0.4, -0.2) is 46.8 Å². The highest BCUT2D eigenvalue weighted by Crippen LogP contribution is 2.34. The summed E-state index contributed by atoms with van der Waals surface area (Å²) in [6.07, 6.45) is 2.37. The molecule has 1 amide bonds. The first-order chi connectivity index (χ1) is 15.4. The summed E-state index contributed by atoms with van der Waals surface area (Å²) >= 11 is 0. The molecule has 0 bridgehead atoms. The van der Waals surface area contributed by atoms with E-state index in [0.29, 0.717) is 35.5 Å². The number of amides is 1. The van der Waals surface area contributed by atoms with E-state index in [1.807, 2.05) is 0 Å². The number of benzene rings is 2. The number of nitrogens with zero attached hydrogens (tertiary/aromatic N) is 4. The van der Waals surface area contributed by atoms with Crippen molar-refractivity contribution in [2.24, 2.45) is 5.73 Å².